The summed E-state index contributed by atoms with van der Waals surface area (Å²) in [4.78, 5) is 14.9. The van der Waals surface area contributed by atoms with Crippen molar-refractivity contribution in [2.24, 2.45) is 0 Å². The average molecular weight is 625 g/mol. The highest BCUT2D eigenvalue weighted by Gasteiger charge is 2.21. The molecule has 0 atom stereocenters. The zero-order valence-electron chi connectivity index (χ0n) is 27.0. The van der Waals surface area contributed by atoms with Gasteiger partial charge in [0.15, 0.2) is 17.5 Å². The van der Waals surface area contributed by atoms with Crippen LogP contribution in [0.3, 0.4) is 0 Å². The van der Waals surface area contributed by atoms with Crippen LogP contribution in [0.1, 0.15) is 26.3 Å². The molecule has 8 rings (SSSR count). The quantitative estimate of drug-likeness (QED) is 0.191. The van der Waals surface area contributed by atoms with Gasteiger partial charge in [-0.25, -0.2) is 19.3 Å². The number of hydrogen-bond acceptors (Lipinski definition) is 3. The summed E-state index contributed by atoms with van der Waals surface area (Å²) in [5.41, 5.74) is 8.58. The second kappa shape index (κ2) is 11.7. The van der Waals surface area contributed by atoms with Crippen molar-refractivity contribution >= 4 is 21.8 Å². The molecule has 2 aromatic heterocycles. The number of rotatable bonds is 5. The van der Waals surface area contributed by atoms with E-state index in [2.05, 4.69) is 86.0 Å². The third-order valence-electron chi connectivity index (χ3n) is 8.88. The Morgan fingerprint density at radius 3 is 1.75 bits per heavy atom. The van der Waals surface area contributed by atoms with Crippen molar-refractivity contribution in [1.29, 1.82) is 0 Å². The molecule has 8 aromatic rings. The molecule has 5 heteroatoms. The van der Waals surface area contributed by atoms with Gasteiger partial charge in [-0.05, 0) is 64.6 Å². The van der Waals surface area contributed by atoms with Crippen molar-refractivity contribution in [3.63, 3.8) is 0 Å². The van der Waals surface area contributed by atoms with Gasteiger partial charge in [-0.15, -0.1) is 0 Å². The highest BCUT2D eigenvalue weighted by atomic mass is 19.1. The SMILES string of the molecule is CC(C)(C)c1ccc2c3ccccc3n(-c3ccc(-c4nc(-c5ccccc5)nc(-c5ccccc5)n4)c(-c4cccc(F)c4)c3)c2c1. The van der Waals surface area contributed by atoms with E-state index in [1.54, 1.807) is 12.1 Å². The van der Waals surface area contributed by atoms with Crippen molar-refractivity contribution in [3.05, 3.63) is 157 Å². The van der Waals surface area contributed by atoms with Gasteiger partial charge in [0.25, 0.3) is 0 Å². The lowest BCUT2D eigenvalue weighted by molar-refractivity contribution is 0.591. The molecule has 6 aromatic carbocycles. The van der Waals surface area contributed by atoms with Crippen LogP contribution in [0.2, 0.25) is 0 Å². The summed E-state index contributed by atoms with van der Waals surface area (Å²) in [7, 11) is 0. The lowest BCUT2D eigenvalue weighted by Crippen LogP contribution is -2.10. The molecule has 4 nitrogen and oxygen atoms in total. The molecule has 0 aliphatic heterocycles. The standard InChI is InChI=1S/C43H33FN4/c1-43(2,3)31-21-23-35-34-19-10-11-20-38(34)48(39(35)26-31)33-22-24-36(37(27-33)30-17-12-18-32(44)25-30)42-46-40(28-13-6-4-7-14-28)45-41(47-42)29-15-8-5-9-16-29/h4-27H,1-3H3. The lowest BCUT2D eigenvalue weighted by Gasteiger charge is -2.20. The maximum atomic E-state index is 14.9. The average Bonchev–Trinajstić information content (AvgIpc) is 3.45. The highest BCUT2D eigenvalue weighted by molar-refractivity contribution is 6.09. The van der Waals surface area contributed by atoms with E-state index in [1.807, 2.05) is 66.7 Å². The predicted molar refractivity (Wildman–Crippen MR) is 195 cm³/mol. The van der Waals surface area contributed by atoms with Gasteiger partial charge in [-0.2, -0.15) is 0 Å². The Hall–Kier alpha value is -5.94. The molecule has 0 saturated heterocycles. The van der Waals surface area contributed by atoms with Gasteiger partial charge in [0, 0.05) is 33.2 Å². The normalized spacial score (nSPS) is 11.8. The van der Waals surface area contributed by atoms with Crippen LogP contribution in [0.25, 0.3) is 72.8 Å². The summed E-state index contributed by atoms with van der Waals surface area (Å²) in [6, 6.07) is 48.1. The predicted octanol–water partition coefficient (Wildman–Crippen LogP) is 11.1. The van der Waals surface area contributed by atoms with Crippen LogP contribution < -0.4 is 0 Å². The largest absolute Gasteiger partial charge is 0.309 e. The Bertz CT molecular complexity index is 2380. The smallest absolute Gasteiger partial charge is 0.164 e. The van der Waals surface area contributed by atoms with Crippen molar-refractivity contribution in [1.82, 2.24) is 19.5 Å². The summed E-state index contributed by atoms with van der Waals surface area (Å²) < 4.78 is 17.2. The molecule has 0 spiro atoms. The Morgan fingerprint density at radius 1 is 0.479 bits per heavy atom. The number of benzene rings is 6. The molecule has 0 N–H and O–H groups in total. The van der Waals surface area contributed by atoms with E-state index in [4.69, 9.17) is 15.0 Å². The molecule has 0 radical (unpaired) electrons. The summed E-state index contributed by atoms with van der Waals surface area (Å²) in [6.45, 7) is 6.71. The number of para-hydroxylation sites is 1. The fourth-order valence-electron chi connectivity index (χ4n) is 6.41. The highest BCUT2D eigenvalue weighted by Crippen LogP contribution is 2.39. The van der Waals surface area contributed by atoms with Gasteiger partial charge in [0.05, 0.1) is 11.0 Å². The van der Waals surface area contributed by atoms with E-state index in [1.165, 1.54) is 22.4 Å². The van der Waals surface area contributed by atoms with Gasteiger partial charge in [-0.1, -0.05) is 124 Å². The first-order valence-corrected chi connectivity index (χ1v) is 16.1. The Balaban J connectivity index is 1.40. The molecule has 0 saturated carbocycles. The summed E-state index contributed by atoms with van der Waals surface area (Å²) in [5.74, 6) is 1.36. The minimum absolute atomic E-state index is 0.0162. The summed E-state index contributed by atoms with van der Waals surface area (Å²) >= 11 is 0. The zero-order valence-corrected chi connectivity index (χ0v) is 27.0. The number of fused-ring (bicyclic) bond motifs is 3. The van der Waals surface area contributed by atoms with Crippen LogP contribution in [-0.2, 0) is 5.41 Å². The monoisotopic (exact) mass is 624 g/mol. The Morgan fingerprint density at radius 2 is 1.08 bits per heavy atom. The van der Waals surface area contributed by atoms with Crippen LogP contribution in [-0.4, -0.2) is 19.5 Å². The summed E-state index contributed by atoms with van der Waals surface area (Å²) in [6.07, 6.45) is 0. The van der Waals surface area contributed by atoms with Gasteiger partial charge >= 0.3 is 0 Å². The number of aromatic nitrogens is 4. The molecule has 0 amide bonds. The molecular weight excluding hydrogens is 591 g/mol. The number of halogens is 1. The maximum absolute atomic E-state index is 14.9. The van der Waals surface area contributed by atoms with E-state index in [0.29, 0.717) is 17.5 Å². The second-order valence-corrected chi connectivity index (χ2v) is 13.1. The lowest BCUT2D eigenvalue weighted by atomic mass is 9.86. The van der Waals surface area contributed by atoms with Crippen molar-refractivity contribution in [2.75, 3.05) is 0 Å². The number of nitrogens with zero attached hydrogens (tertiary/aromatic N) is 4. The first kappa shape index (κ1) is 29.5. The Labute approximate surface area is 279 Å². The van der Waals surface area contributed by atoms with Crippen LogP contribution in [0, 0.1) is 5.82 Å². The van der Waals surface area contributed by atoms with Crippen LogP contribution in [0.15, 0.2) is 146 Å². The topological polar surface area (TPSA) is 43.6 Å². The first-order chi connectivity index (χ1) is 23.3. The number of hydrogen-bond donors (Lipinski definition) is 0. The van der Waals surface area contributed by atoms with Gasteiger partial charge in [0.2, 0.25) is 0 Å². The van der Waals surface area contributed by atoms with Gasteiger partial charge in [0.1, 0.15) is 5.82 Å². The fraction of sp³-hybridized carbons (Fsp3) is 0.0930. The van der Waals surface area contributed by atoms with Crippen molar-refractivity contribution in [2.45, 2.75) is 26.2 Å². The molecular formula is C43H33FN4. The van der Waals surface area contributed by atoms with Crippen molar-refractivity contribution in [3.8, 4) is 51.0 Å². The molecule has 2 heterocycles. The minimum Gasteiger partial charge on any atom is -0.309 e. The van der Waals surface area contributed by atoms with Crippen LogP contribution in [0.5, 0.6) is 0 Å². The van der Waals surface area contributed by atoms with Gasteiger partial charge < -0.3 is 4.57 Å². The second-order valence-electron chi connectivity index (χ2n) is 13.1. The maximum Gasteiger partial charge on any atom is 0.164 e. The van der Waals surface area contributed by atoms with Gasteiger partial charge in [-0.3, -0.25) is 0 Å². The van der Waals surface area contributed by atoms with E-state index in [9.17, 15) is 4.39 Å². The third kappa shape index (κ3) is 5.33. The van der Waals surface area contributed by atoms with Crippen LogP contribution >= 0.6 is 0 Å². The molecule has 0 bridgehead atoms. The van der Waals surface area contributed by atoms with Crippen LogP contribution in [0.4, 0.5) is 4.39 Å². The van der Waals surface area contributed by atoms with Crippen molar-refractivity contribution < 1.29 is 4.39 Å². The summed E-state index contributed by atoms with van der Waals surface area (Å²) in [5, 5.41) is 2.37. The molecule has 232 valence electrons. The molecule has 0 unspecified atom stereocenters. The Kier molecular flexibility index (Phi) is 7.18. The minimum atomic E-state index is -0.305. The molecule has 0 aliphatic rings. The molecule has 0 fully saturated rings. The molecule has 0 aliphatic carbocycles. The van der Waals surface area contributed by atoms with E-state index < -0.39 is 0 Å². The van der Waals surface area contributed by atoms with E-state index in [-0.39, 0.29) is 11.2 Å². The third-order valence-corrected chi connectivity index (χ3v) is 8.88. The fourth-order valence-corrected chi connectivity index (χ4v) is 6.41. The molecule has 48 heavy (non-hydrogen) atoms. The first-order valence-electron chi connectivity index (χ1n) is 16.1. The van der Waals surface area contributed by atoms with E-state index in [0.717, 1.165) is 44.5 Å². The van der Waals surface area contributed by atoms with E-state index >= 15 is 0 Å². The zero-order chi connectivity index (χ0) is 32.8.